The van der Waals surface area contributed by atoms with Crippen molar-refractivity contribution in [1.29, 1.82) is 0 Å². The maximum absolute atomic E-state index is 12.8. The van der Waals surface area contributed by atoms with Gasteiger partial charge in [0.25, 0.3) is 0 Å². The Labute approximate surface area is 181 Å². The van der Waals surface area contributed by atoms with Crippen LogP contribution >= 0.6 is 24.8 Å². The average molecular weight is 436 g/mol. The summed E-state index contributed by atoms with van der Waals surface area (Å²) in [6, 6.07) is 7.44. The molecule has 0 spiro atoms. The number of amides is 1. The minimum Gasteiger partial charge on any atom is -0.493 e. The molecule has 1 aromatic rings. The largest absolute Gasteiger partial charge is 0.493 e. The maximum atomic E-state index is 12.8. The van der Waals surface area contributed by atoms with E-state index in [0.717, 1.165) is 18.7 Å². The second kappa shape index (κ2) is 11.2. The van der Waals surface area contributed by atoms with E-state index in [1.807, 2.05) is 59.1 Å². The molecule has 0 heterocycles. The van der Waals surface area contributed by atoms with Crippen molar-refractivity contribution in [2.45, 2.75) is 45.3 Å². The Morgan fingerprint density at radius 3 is 2.57 bits per heavy atom. The van der Waals surface area contributed by atoms with Gasteiger partial charge in [0.15, 0.2) is 0 Å². The fourth-order valence-electron chi connectivity index (χ4n) is 3.30. The van der Waals surface area contributed by atoms with Crippen molar-refractivity contribution >= 4 is 36.4 Å². The quantitative estimate of drug-likeness (QED) is 0.581. The van der Waals surface area contributed by atoms with Gasteiger partial charge in [-0.15, -0.1) is 24.8 Å². The number of anilines is 1. The second-order valence-electron chi connectivity index (χ2n) is 7.83. The lowest BCUT2D eigenvalue weighted by atomic mass is 9.54. The normalized spacial score (nSPS) is 22.5. The molecule has 162 valence electrons. The van der Waals surface area contributed by atoms with Gasteiger partial charge in [-0.1, -0.05) is 19.9 Å². The first kappa shape index (κ1) is 27.0. The summed E-state index contributed by atoms with van der Waals surface area (Å²) in [7, 11) is 4.08. The predicted octanol–water partition coefficient (Wildman–Crippen LogP) is 3.33. The third kappa shape index (κ3) is 5.97. The number of carbonyl (C=O) groups is 1. The molecule has 1 aliphatic carbocycles. The molecule has 1 aromatic carbocycles. The number of hydrogen-bond acceptors (Lipinski definition) is 5. The molecule has 8 heteroatoms. The van der Waals surface area contributed by atoms with Gasteiger partial charge < -0.3 is 25.4 Å². The number of hydrogen-bond donors (Lipinski definition) is 2. The van der Waals surface area contributed by atoms with Crippen molar-refractivity contribution in [3.8, 4) is 5.75 Å². The fraction of sp³-hybridized carbons (Fsp3) is 0.650. The van der Waals surface area contributed by atoms with Crippen LogP contribution in [0.1, 0.15) is 33.6 Å². The van der Waals surface area contributed by atoms with Crippen molar-refractivity contribution in [3.05, 3.63) is 24.3 Å². The second-order valence-corrected chi connectivity index (χ2v) is 7.83. The number of rotatable bonds is 9. The highest BCUT2D eigenvalue weighted by Crippen LogP contribution is 2.50. The van der Waals surface area contributed by atoms with E-state index in [-0.39, 0.29) is 36.8 Å². The maximum Gasteiger partial charge on any atom is 0.245 e. The fourth-order valence-corrected chi connectivity index (χ4v) is 3.30. The molecule has 1 amide bonds. The van der Waals surface area contributed by atoms with Crippen molar-refractivity contribution in [2.24, 2.45) is 11.1 Å². The van der Waals surface area contributed by atoms with Crippen LogP contribution in [-0.2, 0) is 9.53 Å². The first-order chi connectivity index (χ1) is 12.2. The van der Waals surface area contributed by atoms with Gasteiger partial charge >= 0.3 is 0 Å². The van der Waals surface area contributed by atoms with E-state index >= 15 is 0 Å². The number of carbonyl (C=O) groups excluding carboxylic acids is 1. The van der Waals surface area contributed by atoms with Crippen LogP contribution < -0.4 is 15.8 Å². The third-order valence-corrected chi connectivity index (χ3v) is 5.35. The monoisotopic (exact) mass is 435 g/mol. The van der Waals surface area contributed by atoms with Gasteiger partial charge in [0.1, 0.15) is 11.3 Å². The SMILES string of the molecule is CCOC1CC(N)(C(=O)Nc2cccc(OCCCN(C)C)c2)C1(C)C.Cl.Cl. The summed E-state index contributed by atoms with van der Waals surface area (Å²) in [4.78, 5) is 14.9. The lowest BCUT2D eigenvalue weighted by molar-refractivity contribution is -0.166. The highest BCUT2D eigenvalue weighted by molar-refractivity contribution is 5.99. The molecule has 2 atom stereocenters. The molecular weight excluding hydrogens is 401 g/mol. The highest BCUT2D eigenvalue weighted by Gasteiger charge is 2.62. The smallest absolute Gasteiger partial charge is 0.245 e. The van der Waals surface area contributed by atoms with Crippen LogP contribution in [0.2, 0.25) is 0 Å². The zero-order valence-corrected chi connectivity index (χ0v) is 19.1. The summed E-state index contributed by atoms with van der Waals surface area (Å²) in [6.45, 7) is 8.17. The number of nitrogens with zero attached hydrogens (tertiary/aromatic N) is 1. The van der Waals surface area contributed by atoms with E-state index in [1.165, 1.54) is 0 Å². The van der Waals surface area contributed by atoms with E-state index in [2.05, 4.69) is 10.2 Å². The topological polar surface area (TPSA) is 76.8 Å². The molecule has 2 unspecified atom stereocenters. The Balaban J connectivity index is 0.00000364. The van der Waals surface area contributed by atoms with Crippen LogP contribution in [0.15, 0.2) is 24.3 Å². The molecule has 6 nitrogen and oxygen atoms in total. The summed E-state index contributed by atoms with van der Waals surface area (Å²) >= 11 is 0. The lowest BCUT2D eigenvalue weighted by Crippen LogP contribution is -2.74. The zero-order valence-electron chi connectivity index (χ0n) is 17.5. The molecule has 0 aliphatic heterocycles. The molecule has 0 radical (unpaired) electrons. The minimum absolute atomic E-state index is 0. The summed E-state index contributed by atoms with van der Waals surface area (Å²) in [5.41, 5.74) is 5.78. The Morgan fingerprint density at radius 2 is 2.00 bits per heavy atom. The first-order valence-corrected chi connectivity index (χ1v) is 9.30. The highest BCUT2D eigenvalue weighted by atomic mass is 35.5. The average Bonchev–Trinajstić information content (AvgIpc) is 2.58. The molecular formula is C20H35Cl2N3O3. The Morgan fingerprint density at radius 1 is 1.32 bits per heavy atom. The van der Waals surface area contributed by atoms with Gasteiger partial charge in [0.05, 0.1) is 12.7 Å². The number of nitrogens with two attached hydrogens (primary N) is 1. The Kier molecular flexibility index (Phi) is 10.8. The molecule has 0 saturated heterocycles. The van der Waals surface area contributed by atoms with Crippen LogP contribution in [0, 0.1) is 5.41 Å². The van der Waals surface area contributed by atoms with Gasteiger partial charge in [-0.05, 0) is 39.6 Å². The van der Waals surface area contributed by atoms with E-state index < -0.39 is 11.0 Å². The van der Waals surface area contributed by atoms with Crippen LogP contribution in [-0.4, -0.2) is 56.3 Å². The van der Waals surface area contributed by atoms with Gasteiger partial charge in [-0.25, -0.2) is 0 Å². The van der Waals surface area contributed by atoms with E-state index in [1.54, 1.807) is 0 Å². The third-order valence-electron chi connectivity index (χ3n) is 5.35. The molecule has 28 heavy (non-hydrogen) atoms. The molecule has 2 rings (SSSR count). The number of benzene rings is 1. The van der Waals surface area contributed by atoms with Crippen molar-refractivity contribution in [2.75, 3.05) is 39.2 Å². The van der Waals surface area contributed by atoms with Crippen LogP contribution in [0.4, 0.5) is 5.69 Å². The summed E-state index contributed by atoms with van der Waals surface area (Å²) in [5, 5.41) is 2.94. The molecule has 3 N–H and O–H groups in total. The lowest BCUT2D eigenvalue weighted by Gasteiger charge is -2.57. The van der Waals surface area contributed by atoms with E-state index in [4.69, 9.17) is 15.2 Å². The number of halogens is 2. The molecule has 0 bridgehead atoms. The molecule has 1 aliphatic rings. The van der Waals surface area contributed by atoms with Gasteiger partial charge in [-0.2, -0.15) is 0 Å². The van der Waals surface area contributed by atoms with Crippen LogP contribution in [0.25, 0.3) is 0 Å². The summed E-state index contributed by atoms with van der Waals surface area (Å²) in [5.74, 6) is 0.566. The van der Waals surface area contributed by atoms with Gasteiger partial charge in [0.2, 0.25) is 5.91 Å². The summed E-state index contributed by atoms with van der Waals surface area (Å²) < 4.78 is 11.5. The van der Waals surface area contributed by atoms with Crippen molar-refractivity contribution in [1.82, 2.24) is 4.90 Å². The molecule has 0 aromatic heterocycles. The first-order valence-electron chi connectivity index (χ1n) is 9.30. The number of nitrogens with one attached hydrogen (secondary N) is 1. The van der Waals surface area contributed by atoms with Gasteiger partial charge in [-0.3, -0.25) is 4.79 Å². The standard InChI is InChI=1S/C20H33N3O3.2ClH/c1-6-25-17-14-20(21,19(17,2)3)18(24)22-15-9-7-10-16(13-15)26-12-8-11-23(4)5;;/h7,9-10,13,17H,6,8,11-12,14,21H2,1-5H3,(H,22,24);2*1H. The van der Waals surface area contributed by atoms with Crippen molar-refractivity contribution in [3.63, 3.8) is 0 Å². The van der Waals surface area contributed by atoms with Crippen molar-refractivity contribution < 1.29 is 14.3 Å². The Bertz CT molecular complexity index is 628. The van der Waals surface area contributed by atoms with E-state index in [9.17, 15) is 4.79 Å². The molecule has 1 saturated carbocycles. The van der Waals surface area contributed by atoms with Crippen LogP contribution in [0.3, 0.4) is 0 Å². The molecule has 1 fully saturated rings. The van der Waals surface area contributed by atoms with Crippen LogP contribution in [0.5, 0.6) is 5.75 Å². The minimum atomic E-state index is -0.935. The number of ether oxygens (including phenoxy) is 2. The summed E-state index contributed by atoms with van der Waals surface area (Å²) in [6.07, 6.45) is 1.48. The van der Waals surface area contributed by atoms with E-state index in [0.29, 0.717) is 25.3 Å². The Hall–Kier alpha value is -1.05. The van der Waals surface area contributed by atoms with Gasteiger partial charge in [0, 0.05) is 36.7 Å². The zero-order chi connectivity index (χ0) is 19.4. The predicted molar refractivity (Wildman–Crippen MR) is 119 cm³/mol.